The molecule has 4 heteroatoms. The number of hydrogen-bond acceptors (Lipinski definition) is 3. The van der Waals surface area contributed by atoms with Gasteiger partial charge in [0.05, 0.1) is 12.6 Å². The van der Waals surface area contributed by atoms with Gasteiger partial charge in [0, 0.05) is 6.54 Å². The van der Waals surface area contributed by atoms with E-state index in [0.717, 1.165) is 6.42 Å². The van der Waals surface area contributed by atoms with Gasteiger partial charge in [0.2, 0.25) is 0 Å². The highest BCUT2D eigenvalue weighted by molar-refractivity contribution is 5.69. The van der Waals surface area contributed by atoms with Crippen molar-refractivity contribution in [3.63, 3.8) is 0 Å². The Labute approximate surface area is 105 Å². The molecule has 0 spiro atoms. The van der Waals surface area contributed by atoms with Crippen molar-refractivity contribution in [3.05, 3.63) is 0 Å². The van der Waals surface area contributed by atoms with Crippen LogP contribution in [0.5, 0.6) is 0 Å². The molecule has 1 rings (SSSR count). The van der Waals surface area contributed by atoms with Crippen LogP contribution in [0.15, 0.2) is 0 Å². The molecule has 102 valence electrons. The highest BCUT2D eigenvalue weighted by Crippen LogP contribution is 2.25. The largest absolute Gasteiger partial charge is 0.444 e. The summed E-state index contributed by atoms with van der Waals surface area (Å²) in [6.45, 7) is 12.3. The number of rotatable bonds is 1. The number of amides is 1. The molecule has 1 aliphatic heterocycles. The van der Waals surface area contributed by atoms with Crippen molar-refractivity contribution in [3.8, 4) is 0 Å². The lowest BCUT2D eigenvalue weighted by Crippen LogP contribution is -2.42. The zero-order valence-electron chi connectivity index (χ0n) is 12.0. The summed E-state index contributed by atoms with van der Waals surface area (Å²) in [5.41, 5.74) is -0.469. The average molecular weight is 245 g/mol. The summed E-state index contributed by atoms with van der Waals surface area (Å²) in [5, 5.41) is 9.20. The van der Waals surface area contributed by atoms with Gasteiger partial charge in [0.1, 0.15) is 5.60 Å². The minimum absolute atomic E-state index is 0.0143. The first-order valence-electron chi connectivity index (χ1n) is 6.45. The van der Waals surface area contributed by atoms with Crippen LogP contribution in [0, 0.1) is 5.92 Å². The first kappa shape index (κ1) is 16.2. The van der Waals surface area contributed by atoms with Crippen molar-refractivity contribution in [2.75, 3.05) is 13.2 Å². The van der Waals surface area contributed by atoms with Crippen LogP contribution in [-0.2, 0) is 4.74 Å². The van der Waals surface area contributed by atoms with Crippen LogP contribution in [0.4, 0.5) is 4.79 Å². The van der Waals surface area contributed by atoms with Crippen molar-refractivity contribution in [1.82, 2.24) is 4.90 Å². The molecule has 17 heavy (non-hydrogen) atoms. The molecule has 2 atom stereocenters. The second-order valence-corrected chi connectivity index (χ2v) is 5.19. The van der Waals surface area contributed by atoms with Crippen LogP contribution in [-0.4, -0.2) is 40.9 Å². The quantitative estimate of drug-likeness (QED) is 0.772. The molecule has 0 bridgehead atoms. The van der Waals surface area contributed by atoms with Gasteiger partial charge in [0.15, 0.2) is 0 Å². The standard InChI is InChI=1S/C11H21NO3.C2H6/c1-8-5-6-12(9(8)7-13)10(14)15-11(2,3)4;1-2/h8-9,13H,5-7H2,1-4H3;1-2H3/t8-,9?;/m0./s1. The topological polar surface area (TPSA) is 49.8 Å². The molecule has 0 aromatic rings. The van der Waals surface area contributed by atoms with Crippen molar-refractivity contribution in [1.29, 1.82) is 0 Å². The Morgan fingerprint density at radius 1 is 1.41 bits per heavy atom. The maximum atomic E-state index is 11.8. The van der Waals surface area contributed by atoms with Crippen LogP contribution in [0.2, 0.25) is 0 Å². The zero-order valence-corrected chi connectivity index (χ0v) is 12.0. The smallest absolute Gasteiger partial charge is 0.410 e. The fourth-order valence-corrected chi connectivity index (χ4v) is 1.83. The van der Waals surface area contributed by atoms with E-state index in [9.17, 15) is 9.90 Å². The summed E-state index contributed by atoms with van der Waals surface area (Å²) in [7, 11) is 0. The third-order valence-electron chi connectivity index (χ3n) is 2.70. The van der Waals surface area contributed by atoms with E-state index in [1.807, 2.05) is 41.5 Å². The number of aliphatic hydroxyl groups excluding tert-OH is 1. The average Bonchev–Trinajstić information content (AvgIpc) is 2.60. The molecular weight excluding hydrogens is 218 g/mol. The summed E-state index contributed by atoms with van der Waals surface area (Å²) < 4.78 is 5.28. The molecule has 0 aliphatic carbocycles. The van der Waals surface area contributed by atoms with Crippen LogP contribution < -0.4 is 0 Å². The van der Waals surface area contributed by atoms with Gasteiger partial charge in [-0.15, -0.1) is 0 Å². The van der Waals surface area contributed by atoms with E-state index in [2.05, 4.69) is 0 Å². The minimum atomic E-state index is -0.469. The van der Waals surface area contributed by atoms with Gasteiger partial charge in [-0.3, -0.25) is 0 Å². The lowest BCUT2D eigenvalue weighted by Gasteiger charge is -2.28. The molecule has 4 nitrogen and oxygen atoms in total. The molecule has 1 saturated heterocycles. The Morgan fingerprint density at radius 2 is 1.94 bits per heavy atom. The lowest BCUT2D eigenvalue weighted by molar-refractivity contribution is 0.0151. The van der Waals surface area contributed by atoms with Gasteiger partial charge in [-0.05, 0) is 33.1 Å². The van der Waals surface area contributed by atoms with Crippen molar-refractivity contribution in [2.24, 2.45) is 5.92 Å². The molecule has 1 amide bonds. The maximum absolute atomic E-state index is 11.8. The van der Waals surface area contributed by atoms with E-state index >= 15 is 0 Å². The van der Waals surface area contributed by atoms with Gasteiger partial charge in [0.25, 0.3) is 0 Å². The number of ether oxygens (including phenoxy) is 1. The van der Waals surface area contributed by atoms with Crippen LogP contribution >= 0.6 is 0 Å². The number of nitrogens with zero attached hydrogens (tertiary/aromatic N) is 1. The predicted octanol–water partition coefficient (Wildman–Crippen LogP) is 2.65. The fraction of sp³-hybridized carbons (Fsp3) is 0.923. The van der Waals surface area contributed by atoms with Crippen LogP contribution in [0.25, 0.3) is 0 Å². The van der Waals surface area contributed by atoms with E-state index in [1.165, 1.54) is 0 Å². The normalized spacial score (nSPS) is 24.1. The highest BCUT2D eigenvalue weighted by atomic mass is 16.6. The second kappa shape index (κ2) is 6.84. The first-order valence-corrected chi connectivity index (χ1v) is 6.45. The van der Waals surface area contributed by atoms with Crippen molar-refractivity contribution in [2.45, 2.75) is 59.6 Å². The van der Waals surface area contributed by atoms with Crippen molar-refractivity contribution >= 4 is 6.09 Å². The molecule has 0 aromatic carbocycles. The molecule has 1 heterocycles. The first-order chi connectivity index (χ1) is 7.85. The number of likely N-dealkylation sites (tertiary alicyclic amines) is 1. The maximum Gasteiger partial charge on any atom is 0.410 e. The SMILES string of the molecule is CC.C[C@H]1CCN(C(=O)OC(C)(C)C)C1CO. The lowest BCUT2D eigenvalue weighted by atomic mass is 10.0. The molecule has 1 aliphatic rings. The van der Waals surface area contributed by atoms with E-state index < -0.39 is 5.60 Å². The summed E-state index contributed by atoms with van der Waals surface area (Å²) in [6, 6.07) is -0.0835. The Balaban J connectivity index is 0.00000121. The van der Waals surface area contributed by atoms with Gasteiger partial charge in [-0.25, -0.2) is 4.79 Å². The number of hydrogen-bond donors (Lipinski definition) is 1. The predicted molar refractivity (Wildman–Crippen MR) is 68.9 cm³/mol. The minimum Gasteiger partial charge on any atom is -0.444 e. The number of carbonyl (C=O) groups is 1. The van der Waals surface area contributed by atoms with Gasteiger partial charge >= 0.3 is 6.09 Å². The summed E-state index contributed by atoms with van der Waals surface area (Å²) in [5.74, 6) is 0.350. The molecule has 1 N–H and O–H groups in total. The van der Waals surface area contributed by atoms with E-state index in [0.29, 0.717) is 12.5 Å². The number of carbonyl (C=O) groups excluding carboxylic acids is 1. The Kier molecular flexibility index (Phi) is 6.53. The summed E-state index contributed by atoms with van der Waals surface area (Å²) in [4.78, 5) is 13.4. The van der Waals surface area contributed by atoms with E-state index in [4.69, 9.17) is 4.74 Å². The Morgan fingerprint density at radius 3 is 2.35 bits per heavy atom. The molecule has 0 saturated carbocycles. The molecular formula is C13H27NO3. The summed E-state index contributed by atoms with van der Waals surface area (Å²) >= 11 is 0. The third-order valence-corrected chi connectivity index (χ3v) is 2.70. The Bertz CT molecular complexity index is 235. The van der Waals surface area contributed by atoms with Gasteiger partial charge < -0.3 is 14.7 Å². The Hall–Kier alpha value is -0.770. The van der Waals surface area contributed by atoms with Gasteiger partial charge in [-0.2, -0.15) is 0 Å². The summed E-state index contributed by atoms with van der Waals surface area (Å²) in [6.07, 6.45) is 0.621. The number of aliphatic hydroxyl groups is 1. The molecule has 1 fully saturated rings. The fourth-order valence-electron chi connectivity index (χ4n) is 1.83. The van der Waals surface area contributed by atoms with Crippen LogP contribution in [0.3, 0.4) is 0 Å². The van der Waals surface area contributed by atoms with E-state index in [1.54, 1.807) is 4.90 Å². The molecule has 1 unspecified atom stereocenters. The molecule has 0 aromatic heterocycles. The second-order valence-electron chi connectivity index (χ2n) is 5.19. The van der Waals surface area contributed by atoms with Crippen LogP contribution in [0.1, 0.15) is 48.0 Å². The molecule has 0 radical (unpaired) electrons. The zero-order chi connectivity index (χ0) is 13.6. The van der Waals surface area contributed by atoms with Gasteiger partial charge in [-0.1, -0.05) is 20.8 Å². The third kappa shape index (κ3) is 4.94. The highest BCUT2D eigenvalue weighted by Gasteiger charge is 2.36. The van der Waals surface area contributed by atoms with E-state index in [-0.39, 0.29) is 18.7 Å². The monoisotopic (exact) mass is 245 g/mol. The van der Waals surface area contributed by atoms with Crippen molar-refractivity contribution < 1.29 is 14.6 Å².